The Morgan fingerprint density at radius 3 is 2.67 bits per heavy atom. The van der Waals surface area contributed by atoms with Gasteiger partial charge in [-0.05, 0) is 38.7 Å². The average Bonchev–Trinajstić information content (AvgIpc) is 3.12. The van der Waals surface area contributed by atoms with Gasteiger partial charge in [-0.25, -0.2) is 4.98 Å². The Morgan fingerprint density at radius 1 is 1.39 bits per heavy atom. The number of carbonyl (C=O) groups is 2. The fourth-order valence-corrected chi connectivity index (χ4v) is 2.41. The van der Waals surface area contributed by atoms with E-state index in [1.54, 1.807) is 0 Å². The summed E-state index contributed by atoms with van der Waals surface area (Å²) in [7, 11) is 0. The molecule has 1 aliphatic carbocycles. The fourth-order valence-electron chi connectivity index (χ4n) is 2.41. The number of fused-ring (bicyclic) bond motifs is 1. The highest BCUT2D eigenvalue weighted by Gasteiger charge is 2.44. The molecule has 2 heterocycles. The Labute approximate surface area is 104 Å². The molecule has 5 heteroatoms. The summed E-state index contributed by atoms with van der Waals surface area (Å²) in [5, 5.41) is 0. The Hall–Kier alpha value is -1.78. The summed E-state index contributed by atoms with van der Waals surface area (Å²) >= 11 is 0. The van der Waals surface area contributed by atoms with E-state index in [0.29, 0.717) is 5.92 Å². The lowest BCUT2D eigenvalue weighted by molar-refractivity contribution is 0.0577. The van der Waals surface area contributed by atoms with E-state index >= 15 is 0 Å². The predicted molar refractivity (Wildman–Crippen MR) is 61.6 cm³/mol. The number of rotatable bonds is 2. The summed E-state index contributed by atoms with van der Waals surface area (Å²) in [6.07, 6.45) is 2.07. The lowest BCUT2D eigenvalue weighted by atomic mass is 10.1. The fraction of sp³-hybridized carbons (Fsp3) is 0.462. The smallest absolute Gasteiger partial charge is 0.270 e. The number of pyridine rings is 1. The molecule has 1 fully saturated rings. The maximum atomic E-state index is 13.4. The molecule has 0 bridgehead atoms. The number of hydrogen-bond acceptors (Lipinski definition) is 3. The molecule has 18 heavy (non-hydrogen) atoms. The van der Waals surface area contributed by atoms with E-state index in [2.05, 4.69) is 4.98 Å². The topological polar surface area (TPSA) is 50.3 Å². The third-order valence-corrected chi connectivity index (χ3v) is 3.73. The molecule has 2 aliphatic rings. The lowest BCUT2D eigenvalue weighted by Gasteiger charge is -2.21. The molecule has 4 nitrogen and oxygen atoms in total. The molecule has 0 saturated heterocycles. The van der Waals surface area contributed by atoms with Gasteiger partial charge in [0.05, 0.1) is 5.56 Å². The van der Waals surface area contributed by atoms with Crippen molar-refractivity contribution in [3.63, 3.8) is 0 Å². The van der Waals surface area contributed by atoms with Gasteiger partial charge in [-0.15, -0.1) is 0 Å². The second-order valence-corrected chi connectivity index (χ2v) is 5.05. The minimum atomic E-state index is -0.684. The van der Waals surface area contributed by atoms with Crippen LogP contribution in [0, 0.1) is 18.8 Å². The number of aromatic nitrogens is 1. The molecular weight excluding hydrogens is 235 g/mol. The number of amides is 2. The third kappa shape index (κ3) is 1.46. The molecule has 1 atom stereocenters. The largest absolute Gasteiger partial charge is 0.280 e. The van der Waals surface area contributed by atoms with E-state index in [4.69, 9.17) is 0 Å². The van der Waals surface area contributed by atoms with Gasteiger partial charge in [-0.1, -0.05) is 0 Å². The third-order valence-electron chi connectivity index (χ3n) is 3.73. The second kappa shape index (κ2) is 3.60. The monoisotopic (exact) mass is 248 g/mol. The molecule has 3 rings (SSSR count). The van der Waals surface area contributed by atoms with Crippen LogP contribution in [0.2, 0.25) is 0 Å². The molecule has 0 spiro atoms. The Bertz CT molecular complexity index is 525. The van der Waals surface area contributed by atoms with Crippen molar-refractivity contribution >= 4 is 11.8 Å². The highest BCUT2D eigenvalue weighted by Crippen LogP contribution is 2.38. The van der Waals surface area contributed by atoms with E-state index in [1.807, 2.05) is 6.92 Å². The SMILES string of the molecule is Cc1cc2c(nc1F)C(=O)N(C(C)C1CC1)C2=O. The molecular formula is C13H13FN2O2. The maximum absolute atomic E-state index is 13.4. The van der Waals surface area contributed by atoms with Crippen LogP contribution in [0.4, 0.5) is 4.39 Å². The van der Waals surface area contributed by atoms with Crippen molar-refractivity contribution < 1.29 is 14.0 Å². The highest BCUT2D eigenvalue weighted by atomic mass is 19.1. The molecule has 2 amide bonds. The Kier molecular flexibility index (Phi) is 2.27. The van der Waals surface area contributed by atoms with Crippen LogP contribution in [-0.4, -0.2) is 27.7 Å². The van der Waals surface area contributed by atoms with Gasteiger partial charge in [0, 0.05) is 11.6 Å². The first-order chi connectivity index (χ1) is 8.50. The van der Waals surface area contributed by atoms with Crippen molar-refractivity contribution in [2.24, 2.45) is 5.92 Å². The first-order valence-corrected chi connectivity index (χ1v) is 6.05. The van der Waals surface area contributed by atoms with Crippen molar-refractivity contribution in [1.29, 1.82) is 0 Å². The number of nitrogens with zero attached hydrogens (tertiary/aromatic N) is 2. The number of halogens is 1. The number of hydrogen-bond donors (Lipinski definition) is 0. The average molecular weight is 248 g/mol. The number of aryl methyl sites for hydroxylation is 1. The van der Waals surface area contributed by atoms with Gasteiger partial charge in [0.2, 0.25) is 5.95 Å². The van der Waals surface area contributed by atoms with Crippen molar-refractivity contribution in [2.45, 2.75) is 32.7 Å². The summed E-state index contributed by atoms with van der Waals surface area (Å²) in [6, 6.07) is 1.29. The van der Waals surface area contributed by atoms with Crippen LogP contribution < -0.4 is 0 Å². The van der Waals surface area contributed by atoms with Crippen molar-refractivity contribution in [3.05, 3.63) is 28.8 Å². The zero-order valence-electron chi connectivity index (χ0n) is 10.2. The normalized spacial score (nSPS) is 20.3. The van der Waals surface area contributed by atoms with Crippen LogP contribution in [0.15, 0.2) is 6.07 Å². The Balaban J connectivity index is 2.04. The first-order valence-electron chi connectivity index (χ1n) is 6.05. The van der Waals surface area contributed by atoms with Gasteiger partial charge in [-0.3, -0.25) is 14.5 Å². The van der Waals surface area contributed by atoms with E-state index in [0.717, 1.165) is 12.8 Å². The minimum Gasteiger partial charge on any atom is -0.270 e. The Morgan fingerprint density at radius 2 is 2.06 bits per heavy atom. The van der Waals surface area contributed by atoms with Gasteiger partial charge < -0.3 is 0 Å². The summed E-state index contributed by atoms with van der Waals surface area (Å²) in [4.78, 5) is 29.2. The number of carbonyl (C=O) groups excluding carboxylic acids is 2. The summed E-state index contributed by atoms with van der Waals surface area (Å²) in [6.45, 7) is 3.40. The molecule has 0 N–H and O–H groups in total. The summed E-state index contributed by atoms with van der Waals surface area (Å²) in [5.41, 5.74) is 0.470. The predicted octanol–water partition coefficient (Wildman–Crippen LogP) is 1.92. The van der Waals surface area contributed by atoms with E-state index in [9.17, 15) is 14.0 Å². The van der Waals surface area contributed by atoms with Crippen molar-refractivity contribution in [2.75, 3.05) is 0 Å². The van der Waals surface area contributed by atoms with Crippen molar-refractivity contribution in [1.82, 2.24) is 9.88 Å². The molecule has 1 aliphatic heterocycles. The standard InChI is InChI=1S/C13H13FN2O2/c1-6-5-9-10(15-11(6)14)13(18)16(12(9)17)7(2)8-3-4-8/h5,7-8H,3-4H2,1-2H3. The van der Waals surface area contributed by atoms with Gasteiger partial charge in [-0.2, -0.15) is 4.39 Å². The quantitative estimate of drug-likeness (QED) is 0.593. The van der Waals surface area contributed by atoms with Gasteiger partial charge >= 0.3 is 0 Å². The molecule has 1 aromatic rings. The molecule has 0 aromatic carbocycles. The van der Waals surface area contributed by atoms with Crippen LogP contribution in [0.1, 0.15) is 46.2 Å². The van der Waals surface area contributed by atoms with E-state index < -0.39 is 11.9 Å². The van der Waals surface area contributed by atoms with E-state index in [1.165, 1.54) is 17.9 Å². The molecule has 94 valence electrons. The van der Waals surface area contributed by atoms with Crippen LogP contribution in [0.25, 0.3) is 0 Å². The van der Waals surface area contributed by atoms with Crippen LogP contribution in [0.3, 0.4) is 0 Å². The number of imide groups is 1. The molecule has 0 radical (unpaired) electrons. The van der Waals surface area contributed by atoms with Gasteiger partial charge in [0.25, 0.3) is 11.8 Å². The summed E-state index contributed by atoms with van der Waals surface area (Å²) < 4.78 is 13.4. The van der Waals surface area contributed by atoms with Crippen LogP contribution >= 0.6 is 0 Å². The minimum absolute atomic E-state index is 0.0457. The van der Waals surface area contributed by atoms with Gasteiger partial charge in [0.15, 0.2) is 0 Å². The zero-order valence-corrected chi connectivity index (χ0v) is 10.2. The van der Waals surface area contributed by atoms with E-state index in [-0.39, 0.29) is 28.8 Å². The highest BCUT2D eigenvalue weighted by molar-refractivity contribution is 6.20. The van der Waals surface area contributed by atoms with Crippen molar-refractivity contribution in [3.8, 4) is 0 Å². The first kappa shape index (κ1) is 11.3. The van der Waals surface area contributed by atoms with Crippen LogP contribution in [0.5, 0.6) is 0 Å². The zero-order chi connectivity index (χ0) is 13.0. The maximum Gasteiger partial charge on any atom is 0.280 e. The molecule has 1 aromatic heterocycles. The molecule has 1 saturated carbocycles. The molecule has 1 unspecified atom stereocenters. The second-order valence-electron chi connectivity index (χ2n) is 5.05. The van der Waals surface area contributed by atoms with Crippen LogP contribution in [-0.2, 0) is 0 Å². The summed E-state index contributed by atoms with van der Waals surface area (Å²) in [5.74, 6) is -1.10. The van der Waals surface area contributed by atoms with Gasteiger partial charge in [0.1, 0.15) is 5.69 Å². The lowest BCUT2D eigenvalue weighted by Crippen LogP contribution is -2.39.